The minimum Gasteiger partial charge on any atom is -0.353 e. The van der Waals surface area contributed by atoms with Crippen molar-refractivity contribution in [3.63, 3.8) is 0 Å². The van der Waals surface area contributed by atoms with Gasteiger partial charge in [0.2, 0.25) is 0 Å². The van der Waals surface area contributed by atoms with Crippen molar-refractivity contribution < 1.29 is 9.18 Å². The highest BCUT2D eigenvalue weighted by molar-refractivity contribution is 5.82. The summed E-state index contributed by atoms with van der Waals surface area (Å²) in [6.07, 6.45) is -0.890. The predicted molar refractivity (Wildman–Crippen MR) is 33.9 cm³/mol. The van der Waals surface area contributed by atoms with Gasteiger partial charge in [0.05, 0.1) is 0 Å². The van der Waals surface area contributed by atoms with Gasteiger partial charge in [-0.2, -0.15) is 0 Å². The summed E-state index contributed by atoms with van der Waals surface area (Å²) in [5.74, 6) is -0.458. The van der Waals surface area contributed by atoms with E-state index in [-0.39, 0.29) is 0 Å². The van der Waals surface area contributed by atoms with Crippen molar-refractivity contribution >= 4 is 5.91 Å². The monoisotopic (exact) mass is 133 g/mol. The molecule has 0 aromatic heterocycles. The van der Waals surface area contributed by atoms with E-state index in [1.54, 1.807) is 0 Å². The third-order valence-corrected chi connectivity index (χ3v) is 0.982. The van der Waals surface area contributed by atoms with E-state index < -0.39 is 12.1 Å². The Morgan fingerprint density at radius 3 is 2.33 bits per heavy atom. The molecule has 1 unspecified atom stereocenters. The van der Waals surface area contributed by atoms with Crippen molar-refractivity contribution in [1.82, 2.24) is 5.32 Å². The molecule has 1 saturated heterocycles. The van der Waals surface area contributed by atoms with Gasteiger partial charge in [0.25, 0.3) is 5.91 Å². The topological polar surface area (TPSA) is 29.1 Å². The minimum absolute atomic E-state index is 0.346. The Hall–Kier alpha value is -0.600. The first-order chi connectivity index (χ1) is 4.30. The SMILES string of the molecule is CC.O=C1NCCC1F. The van der Waals surface area contributed by atoms with E-state index in [0.29, 0.717) is 13.0 Å². The summed E-state index contributed by atoms with van der Waals surface area (Å²) >= 11 is 0. The van der Waals surface area contributed by atoms with Crippen LogP contribution in [0.2, 0.25) is 0 Å². The summed E-state index contributed by atoms with van der Waals surface area (Å²) in [7, 11) is 0. The van der Waals surface area contributed by atoms with Gasteiger partial charge in [0.15, 0.2) is 6.17 Å². The summed E-state index contributed by atoms with van der Waals surface area (Å²) in [4.78, 5) is 10.1. The van der Waals surface area contributed by atoms with Crippen molar-refractivity contribution in [3.05, 3.63) is 0 Å². The van der Waals surface area contributed by atoms with Gasteiger partial charge in [-0.3, -0.25) is 4.79 Å². The molecule has 1 atom stereocenters. The maximum atomic E-state index is 11.9. The Morgan fingerprint density at radius 2 is 2.22 bits per heavy atom. The molecular weight excluding hydrogens is 121 g/mol. The number of hydrogen-bond acceptors (Lipinski definition) is 1. The van der Waals surface area contributed by atoms with Crippen molar-refractivity contribution in [2.24, 2.45) is 0 Å². The van der Waals surface area contributed by atoms with Crippen LogP contribution in [0.3, 0.4) is 0 Å². The second kappa shape index (κ2) is 4.30. The third kappa shape index (κ3) is 2.44. The van der Waals surface area contributed by atoms with Crippen LogP contribution in [0.5, 0.6) is 0 Å². The molecule has 1 aliphatic rings. The Kier molecular flexibility index (Phi) is 4.01. The Balaban J connectivity index is 0.000000291. The lowest BCUT2D eigenvalue weighted by Gasteiger charge is -1.86. The zero-order chi connectivity index (χ0) is 7.28. The van der Waals surface area contributed by atoms with Gasteiger partial charge in [0, 0.05) is 13.0 Å². The van der Waals surface area contributed by atoms with E-state index in [4.69, 9.17) is 0 Å². The number of nitrogens with one attached hydrogen (secondary N) is 1. The number of halogens is 1. The van der Waals surface area contributed by atoms with Gasteiger partial charge in [-0.15, -0.1) is 0 Å². The Labute approximate surface area is 54.4 Å². The van der Waals surface area contributed by atoms with Crippen LogP contribution in [0.4, 0.5) is 4.39 Å². The number of alkyl halides is 1. The molecular formula is C6H12FNO. The first kappa shape index (κ1) is 8.40. The number of hydrogen-bond donors (Lipinski definition) is 1. The van der Waals surface area contributed by atoms with Crippen LogP contribution in [0, 0.1) is 0 Å². The first-order valence-corrected chi connectivity index (χ1v) is 3.22. The van der Waals surface area contributed by atoms with E-state index in [9.17, 15) is 9.18 Å². The van der Waals surface area contributed by atoms with E-state index in [2.05, 4.69) is 5.32 Å². The van der Waals surface area contributed by atoms with Crippen molar-refractivity contribution in [1.29, 1.82) is 0 Å². The molecule has 1 aliphatic heterocycles. The van der Waals surface area contributed by atoms with Crippen molar-refractivity contribution in [2.45, 2.75) is 26.4 Å². The molecule has 1 heterocycles. The molecule has 0 aliphatic carbocycles. The fourth-order valence-electron chi connectivity index (χ4n) is 0.564. The van der Waals surface area contributed by atoms with E-state index >= 15 is 0 Å². The lowest BCUT2D eigenvalue weighted by Crippen LogP contribution is -2.19. The van der Waals surface area contributed by atoms with Gasteiger partial charge in [-0.05, 0) is 0 Å². The molecule has 1 amide bonds. The highest BCUT2D eigenvalue weighted by Gasteiger charge is 2.22. The zero-order valence-electron chi connectivity index (χ0n) is 5.78. The normalized spacial score (nSPS) is 24.3. The number of carbonyl (C=O) groups is 1. The quantitative estimate of drug-likeness (QED) is 0.522. The van der Waals surface area contributed by atoms with Crippen LogP contribution in [0.1, 0.15) is 20.3 Å². The van der Waals surface area contributed by atoms with Gasteiger partial charge in [-0.25, -0.2) is 4.39 Å². The minimum atomic E-state index is -1.24. The maximum Gasteiger partial charge on any atom is 0.254 e. The number of amides is 1. The number of rotatable bonds is 0. The molecule has 0 saturated carbocycles. The van der Waals surface area contributed by atoms with Crippen molar-refractivity contribution in [2.75, 3.05) is 6.54 Å². The highest BCUT2D eigenvalue weighted by atomic mass is 19.1. The molecule has 0 radical (unpaired) electrons. The standard InChI is InChI=1S/C4H6FNO.C2H6/c5-3-1-2-6-4(3)7;1-2/h3H,1-2H2,(H,6,7);1-2H3. The summed E-state index contributed by atoms with van der Waals surface area (Å²) in [5.41, 5.74) is 0. The van der Waals surface area contributed by atoms with Crippen LogP contribution in [0.15, 0.2) is 0 Å². The second-order valence-electron chi connectivity index (χ2n) is 1.55. The molecule has 1 rings (SSSR count). The maximum absolute atomic E-state index is 11.9. The summed E-state index contributed by atoms with van der Waals surface area (Å²) in [6.45, 7) is 4.50. The van der Waals surface area contributed by atoms with Gasteiger partial charge < -0.3 is 5.32 Å². The van der Waals surface area contributed by atoms with E-state index in [1.807, 2.05) is 13.8 Å². The molecule has 54 valence electrons. The largest absolute Gasteiger partial charge is 0.353 e. The lowest BCUT2D eigenvalue weighted by molar-refractivity contribution is -0.123. The second-order valence-corrected chi connectivity index (χ2v) is 1.55. The molecule has 0 spiro atoms. The smallest absolute Gasteiger partial charge is 0.254 e. The van der Waals surface area contributed by atoms with E-state index in [0.717, 1.165) is 0 Å². The zero-order valence-corrected chi connectivity index (χ0v) is 5.78. The molecule has 3 heteroatoms. The molecule has 0 bridgehead atoms. The summed E-state index contributed by atoms with van der Waals surface area (Å²) < 4.78 is 11.9. The Bertz CT molecular complexity index is 95.1. The molecule has 0 aromatic rings. The van der Waals surface area contributed by atoms with Crippen LogP contribution in [-0.2, 0) is 4.79 Å². The van der Waals surface area contributed by atoms with Crippen LogP contribution >= 0.6 is 0 Å². The van der Waals surface area contributed by atoms with Gasteiger partial charge in [0.1, 0.15) is 0 Å². The summed E-state index contributed by atoms with van der Waals surface area (Å²) in [6, 6.07) is 0. The molecule has 1 N–H and O–H groups in total. The molecule has 0 aromatic carbocycles. The predicted octanol–water partition coefficient (Wildman–Crippen LogP) is 0.871. The lowest BCUT2D eigenvalue weighted by atomic mass is 10.3. The van der Waals surface area contributed by atoms with Crippen molar-refractivity contribution in [3.8, 4) is 0 Å². The average Bonchev–Trinajstić information content (AvgIpc) is 2.23. The fourth-order valence-corrected chi connectivity index (χ4v) is 0.564. The molecule has 1 fully saturated rings. The average molecular weight is 133 g/mol. The van der Waals surface area contributed by atoms with Crippen LogP contribution in [0.25, 0.3) is 0 Å². The van der Waals surface area contributed by atoms with Gasteiger partial charge in [-0.1, -0.05) is 13.8 Å². The summed E-state index contributed by atoms with van der Waals surface area (Å²) in [5, 5.41) is 2.36. The van der Waals surface area contributed by atoms with Crippen LogP contribution < -0.4 is 5.32 Å². The molecule has 2 nitrogen and oxygen atoms in total. The van der Waals surface area contributed by atoms with Gasteiger partial charge >= 0.3 is 0 Å². The highest BCUT2D eigenvalue weighted by Crippen LogP contribution is 2.01. The van der Waals surface area contributed by atoms with Crippen LogP contribution in [-0.4, -0.2) is 18.6 Å². The first-order valence-electron chi connectivity index (χ1n) is 3.22. The van der Waals surface area contributed by atoms with E-state index in [1.165, 1.54) is 0 Å². The fraction of sp³-hybridized carbons (Fsp3) is 0.833. The third-order valence-electron chi connectivity index (χ3n) is 0.982. The molecule has 9 heavy (non-hydrogen) atoms. The Morgan fingerprint density at radius 1 is 1.67 bits per heavy atom. The number of carbonyl (C=O) groups excluding carboxylic acids is 1.